The summed E-state index contributed by atoms with van der Waals surface area (Å²) in [6, 6.07) is 14.0. The van der Waals surface area contributed by atoms with Crippen LogP contribution < -0.4 is 5.32 Å². The van der Waals surface area contributed by atoms with E-state index in [-0.39, 0.29) is 28.5 Å². The van der Waals surface area contributed by atoms with Crippen LogP contribution in [-0.2, 0) is 4.79 Å². The number of carbonyl (C=O) groups excluding carboxylic acids is 1. The van der Waals surface area contributed by atoms with Gasteiger partial charge >= 0.3 is 5.91 Å². The van der Waals surface area contributed by atoms with Gasteiger partial charge in [-0.1, -0.05) is 5.92 Å². The number of benzene rings is 3. The van der Waals surface area contributed by atoms with Gasteiger partial charge in [-0.25, -0.2) is 9.37 Å². The molecule has 0 radical (unpaired) electrons. The summed E-state index contributed by atoms with van der Waals surface area (Å²) in [7, 11) is 0. The molecule has 1 amide bonds. The van der Waals surface area contributed by atoms with Gasteiger partial charge in [-0.15, -0.1) is 4.91 Å². The van der Waals surface area contributed by atoms with E-state index in [4.69, 9.17) is 0 Å². The number of rotatable bonds is 3. The van der Waals surface area contributed by atoms with Gasteiger partial charge in [0.05, 0.1) is 11.2 Å². The Morgan fingerprint density at radius 1 is 1.10 bits per heavy atom. The van der Waals surface area contributed by atoms with Crippen LogP contribution in [0.1, 0.15) is 5.56 Å². The molecular formula is C22H13FN4O4. The van der Waals surface area contributed by atoms with Crippen molar-refractivity contribution in [2.75, 3.05) is 5.32 Å². The SMILES string of the molecule is O=Nc1ccc2nc(-c3ccc(NC(=O)C#Cc4ccc(F)cc4)c(O)c3)n(O)c2c1. The molecule has 0 aliphatic heterocycles. The molecule has 1 heterocycles. The lowest BCUT2D eigenvalue weighted by Crippen LogP contribution is -2.08. The summed E-state index contributed by atoms with van der Waals surface area (Å²) < 4.78 is 13.7. The first-order valence-corrected chi connectivity index (χ1v) is 8.91. The first kappa shape index (κ1) is 19.6. The maximum Gasteiger partial charge on any atom is 0.300 e. The summed E-state index contributed by atoms with van der Waals surface area (Å²) in [6.45, 7) is 0. The average Bonchev–Trinajstić information content (AvgIpc) is 3.10. The summed E-state index contributed by atoms with van der Waals surface area (Å²) in [5.41, 5.74) is 1.78. The van der Waals surface area contributed by atoms with Crippen LogP contribution >= 0.6 is 0 Å². The number of hydrogen-bond acceptors (Lipinski definition) is 6. The number of halogens is 1. The quantitative estimate of drug-likeness (QED) is 0.201. The van der Waals surface area contributed by atoms with E-state index < -0.39 is 11.7 Å². The molecule has 0 atom stereocenters. The summed E-state index contributed by atoms with van der Waals surface area (Å²) >= 11 is 0. The number of carbonyl (C=O) groups is 1. The Bertz CT molecular complexity index is 1380. The van der Waals surface area contributed by atoms with E-state index in [2.05, 4.69) is 27.3 Å². The molecule has 0 spiro atoms. The summed E-state index contributed by atoms with van der Waals surface area (Å²) in [5, 5.41) is 25.9. The Labute approximate surface area is 174 Å². The maximum atomic E-state index is 12.9. The van der Waals surface area contributed by atoms with E-state index in [1.165, 1.54) is 60.7 Å². The van der Waals surface area contributed by atoms with Crippen molar-refractivity contribution in [3.05, 3.63) is 77.0 Å². The van der Waals surface area contributed by atoms with Crippen LogP contribution in [0.5, 0.6) is 5.75 Å². The highest BCUT2D eigenvalue weighted by molar-refractivity contribution is 6.05. The van der Waals surface area contributed by atoms with Crippen LogP contribution in [0.3, 0.4) is 0 Å². The smallest absolute Gasteiger partial charge is 0.300 e. The maximum absolute atomic E-state index is 12.9. The van der Waals surface area contributed by atoms with Crippen LogP contribution in [0.4, 0.5) is 15.8 Å². The van der Waals surface area contributed by atoms with E-state index in [9.17, 15) is 24.4 Å². The number of nitroso groups, excluding NO2 is 1. The van der Waals surface area contributed by atoms with E-state index in [1.807, 2.05) is 0 Å². The molecule has 0 fully saturated rings. The van der Waals surface area contributed by atoms with Crippen molar-refractivity contribution in [3.63, 3.8) is 0 Å². The fourth-order valence-corrected chi connectivity index (χ4v) is 2.89. The molecule has 3 N–H and O–H groups in total. The van der Waals surface area contributed by atoms with Gasteiger partial charge in [-0.2, -0.15) is 4.73 Å². The highest BCUT2D eigenvalue weighted by Crippen LogP contribution is 2.31. The van der Waals surface area contributed by atoms with Crippen molar-refractivity contribution in [1.29, 1.82) is 0 Å². The zero-order valence-electron chi connectivity index (χ0n) is 15.7. The molecule has 9 heteroatoms. The minimum Gasteiger partial charge on any atom is -0.506 e. The fourth-order valence-electron chi connectivity index (χ4n) is 2.89. The van der Waals surface area contributed by atoms with Crippen molar-refractivity contribution in [3.8, 4) is 29.0 Å². The lowest BCUT2D eigenvalue weighted by molar-refractivity contribution is -0.111. The van der Waals surface area contributed by atoms with Crippen molar-refractivity contribution in [2.24, 2.45) is 5.18 Å². The molecule has 8 nitrogen and oxygen atoms in total. The third-order valence-corrected chi connectivity index (χ3v) is 4.39. The fraction of sp³-hybridized carbons (Fsp3) is 0. The molecule has 0 aliphatic rings. The first-order chi connectivity index (χ1) is 14.9. The standard InChI is InChI=1S/C22H13FN4O4/c23-15-5-1-13(2-6-15)3-10-21(29)24-18-8-4-14(11-20(18)28)22-25-17-9-7-16(26-30)12-19(17)27(22)31/h1-2,4-9,11-12,28,31H,(H,24,29). The molecule has 0 bridgehead atoms. The highest BCUT2D eigenvalue weighted by Gasteiger charge is 2.15. The third-order valence-electron chi connectivity index (χ3n) is 4.39. The Morgan fingerprint density at radius 3 is 2.58 bits per heavy atom. The van der Waals surface area contributed by atoms with Crippen molar-refractivity contribution < 1.29 is 19.5 Å². The second-order valence-electron chi connectivity index (χ2n) is 6.45. The molecule has 4 aromatic rings. The molecule has 0 aliphatic carbocycles. The second-order valence-corrected chi connectivity index (χ2v) is 6.45. The molecule has 1 aromatic heterocycles. The Balaban J connectivity index is 1.57. The largest absolute Gasteiger partial charge is 0.506 e. The van der Waals surface area contributed by atoms with E-state index in [0.29, 0.717) is 16.6 Å². The lowest BCUT2D eigenvalue weighted by Gasteiger charge is -2.07. The van der Waals surface area contributed by atoms with Gasteiger partial charge in [0.1, 0.15) is 22.8 Å². The van der Waals surface area contributed by atoms with Crippen molar-refractivity contribution in [2.45, 2.75) is 0 Å². The highest BCUT2D eigenvalue weighted by atomic mass is 19.1. The van der Waals surface area contributed by atoms with Gasteiger partial charge in [-0.3, -0.25) is 4.79 Å². The number of nitrogens with one attached hydrogen (secondary N) is 1. The van der Waals surface area contributed by atoms with Gasteiger partial charge in [-0.05, 0) is 65.8 Å². The molecular weight excluding hydrogens is 403 g/mol. The number of anilines is 1. The molecule has 0 saturated carbocycles. The number of aromatic hydroxyl groups is 1. The molecule has 152 valence electrons. The predicted octanol–water partition coefficient (Wildman–Crippen LogP) is 4.17. The average molecular weight is 416 g/mol. The number of phenols is 1. The van der Waals surface area contributed by atoms with Gasteiger partial charge < -0.3 is 15.6 Å². The number of aromatic nitrogens is 2. The van der Waals surface area contributed by atoms with Gasteiger partial charge in [0.25, 0.3) is 0 Å². The number of fused-ring (bicyclic) bond motifs is 1. The number of hydrogen-bond donors (Lipinski definition) is 3. The molecule has 31 heavy (non-hydrogen) atoms. The summed E-state index contributed by atoms with van der Waals surface area (Å²) in [6.07, 6.45) is 0. The lowest BCUT2D eigenvalue weighted by atomic mass is 10.1. The zero-order chi connectivity index (χ0) is 22.0. The van der Waals surface area contributed by atoms with Crippen LogP contribution in [0.2, 0.25) is 0 Å². The van der Waals surface area contributed by atoms with Crippen LogP contribution in [-0.4, -0.2) is 25.9 Å². The number of amides is 1. The Hall–Kier alpha value is -4.71. The summed E-state index contributed by atoms with van der Waals surface area (Å²) in [4.78, 5) is 27.0. The van der Waals surface area contributed by atoms with E-state index in [1.54, 1.807) is 0 Å². The molecule has 4 rings (SSSR count). The van der Waals surface area contributed by atoms with Crippen LogP contribution in [0.25, 0.3) is 22.4 Å². The number of phenolic OH excluding ortho intramolecular Hbond substituents is 1. The van der Waals surface area contributed by atoms with Gasteiger partial charge in [0.2, 0.25) is 0 Å². The van der Waals surface area contributed by atoms with Gasteiger partial charge in [0.15, 0.2) is 5.82 Å². The first-order valence-electron chi connectivity index (χ1n) is 8.91. The molecule has 3 aromatic carbocycles. The normalized spacial score (nSPS) is 10.4. The van der Waals surface area contributed by atoms with Crippen molar-refractivity contribution in [1.82, 2.24) is 9.71 Å². The van der Waals surface area contributed by atoms with Crippen molar-refractivity contribution >= 4 is 28.3 Å². The third kappa shape index (κ3) is 4.04. The van der Waals surface area contributed by atoms with E-state index in [0.717, 1.165) is 4.73 Å². The number of imidazole rings is 1. The summed E-state index contributed by atoms with van der Waals surface area (Å²) in [5.74, 6) is 3.73. The minimum atomic E-state index is -0.671. The topological polar surface area (TPSA) is 117 Å². The number of nitrogens with zero attached hydrogens (tertiary/aromatic N) is 3. The van der Waals surface area contributed by atoms with Crippen LogP contribution in [0.15, 0.2) is 65.8 Å². The van der Waals surface area contributed by atoms with Gasteiger partial charge in [0, 0.05) is 17.0 Å². The minimum absolute atomic E-state index is 0.107. The monoisotopic (exact) mass is 416 g/mol. The second kappa shape index (κ2) is 7.96. The molecule has 0 unspecified atom stereocenters. The van der Waals surface area contributed by atoms with E-state index >= 15 is 0 Å². The molecule has 0 saturated heterocycles. The zero-order valence-corrected chi connectivity index (χ0v) is 15.7. The Kier molecular flexibility index (Phi) is 5.03. The van der Waals surface area contributed by atoms with Crippen LogP contribution in [0, 0.1) is 22.6 Å². The predicted molar refractivity (Wildman–Crippen MR) is 111 cm³/mol. The Morgan fingerprint density at radius 2 is 1.87 bits per heavy atom.